The fourth-order valence-corrected chi connectivity index (χ4v) is 1.26. The Labute approximate surface area is 78.9 Å². The van der Waals surface area contributed by atoms with Crippen LogP contribution in [0.5, 0.6) is 0 Å². The first-order chi connectivity index (χ1) is 5.22. The molecule has 0 amide bonds. The van der Waals surface area contributed by atoms with Crippen LogP contribution in [0.3, 0.4) is 0 Å². The van der Waals surface area contributed by atoms with Gasteiger partial charge in [-0.1, -0.05) is 48.7 Å². The molecule has 0 aromatic heterocycles. The Kier molecular flexibility index (Phi) is 5.71. The molecular weight excluding hydrogens is 179 g/mol. The number of hydrogen-bond donors (Lipinski definition) is 0. The molecule has 0 heterocycles. The van der Waals surface area contributed by atoms with E-state index in [0.717, 1.165) is 17.9 Å². The Morgan fingerprint density at radius 2 is 1.82 bits per heavy atom. The first-order valence-electron chi connectivity index (χ1n) is 3.93. The molecule has 2 heteroatoms. The van der Waals surface area contributed by atoms with Crippen molar-refractivity contribution in [1.82, 2.24) is 0 Å². The summed E-state index contributed by atoms with van der Waals surface area (Å²) in [6.07, 6.45) is 4.03. The van der Waals surface area contributed by atoms with Crippen LogP contribution in [0.15, 0.2) is 21.7 Å². The van der Waals surface area contributed by atoms with Crippen LogP contribution in [-0.2, 0) is 0 Å². The highest BCUT2D eigenvalue weighted by Crippen LogP contribution is 2.29. The summed E-state index contributed by atoms with van der Waals surface area (Å²) in [6, 6.07) is 0. The van der Waals surface area contributed by atoms with Crippen molar-refractivity contribution in [2.45, 2.75) is 33.6 Å². The Morgan fingerprint density at radius 3 is 2.18 bits per heavy atom. The summed E-state index contributed by atoms with van der Waals surface area (Å²) in [7, 11) is 0. The zero-order valence-electron chi connectivity index (χ0n) is 7.25. The molecule has 0 unspecified atom stereocenters. The lowest BCUT2D eigenvalue weighted by molar-refractivity contribution is 0.952. The van der Waals surface area contributed by atoms with Gasteiger partial charge in [-0.3, -0.25) is 0 Å². The maximum atomic E-state index is 5.80. The molecule has 0 radical (unpaired) electrons. The van der Waals surface area contributed by atoms with Crippen molar-refractivity contribution in [2.24, 2.45) is 0 Å². The van der Waals surface area contributed by atoms with E-state index in [0.29, 0.717) is 5.03 Å². The number of hydrogen-bond acceptors (Lipinski definition) is 0. The third-order valence-corrected chi connectivity index (χ3v) is 2.39. The first kappa shape index (κ1) is 11.1. The van der Waals surface area contributed by atoms with E-state index in [2.05, 4.69) is 0 Å². The largest absolute Gasteiger partial charge is 0.0831 e. The zero-order valence-corrected chi connectivity index (χ0v) is 8.76. The molecule has 11 heavy (non-hydrogen) atoms. The number of rotatable bonds is 0. The molecule has 1 aliphatic carbocycles. The van der Waals surface area contributed by atoms with Crippen molar-refractivity contribution in [3.63, 3.8) is 0 Å². The molecule has 0 aromatic rings. The molecule has 0 aliphatic heterocycles. The second kappa shape index (κ2) is 5.68. The van der Waals surface area contributed by atoms with Gasteiger partial charge in [0.2, 0.25) is 0 Å². The minimum atomic E-state index is 0.709. The van der Waals surface area contributed by atoms with Crippen molar-refractivity contribution < 1.29 is 0 Å². The van der Waals surface area contributed by atoms with Gasteiger partial charge in [0, 0.05) is 0 Å². The Morgan fingerprint density at radius 1 is 1.27 bits per heavy atom. The van der Waals surface area contributed by atoms with Crippen LogP contribution >= 0.6 is 23.2 Å². The van der Waals surface area contributed by atoms with Gasteiger partial charge in [0.1, 0.15) is 0 Å². The van der Waals surface area contributed by atoms with Crippen molar-refractivity contribution in [3.8, 4) is 0 Å². The topological polar surface area (TPSA) is 0 Å². The molecule has 64 valence electrons. The Bertz CT molecular complexity index is 178. The fourth-order valence-electron chi connectivity index (χ4n) is 0.819. The lowest BCUT2D eigenvalue weighted by atomic mass is 10.1. The Hall–Kier alpha value is 0.0600. The SMILES string of the molecule is CC.CC1=C(Cl)C(Cl)=CCC1. The van der Waals surface area contributed by atoms with Gasteiger partial charge in [0.05, 0.1) is 10.1 Å². The van der Waals surface area contributed by atoms with E-state index in [9.17, 15) is 0 Å². The molecule has 0 nitrogen and oxygen atoms in total. The van der Waals surface area contributed by atoms with Crippen molar-refractivity contribution >= 4 is 23.2 Å². The van der Waals surface area contributed by atoms with Gasteiger partial charge in [-0.25, -0.2) is 0 Å². The molecule has 0 N–H and O–H groups in total. The number of allylic oxidation sites excluding steroid dienone is 4. The smallest absolute Gasteiger partial charge is 0.0578 e. The monoisotopic (exact) mass is 192 g/mol. The summed E-state index contributed by atoms with van der Waals surface area (Å²) in [6.45, 7) is 6.01. The van der Waals surface area contributed by atoms with Crippen LogP contribution in [0.2, 0.25) is 0 Å². The fraction of sp³-hybridized carbons (Fsp3) is 0.556. The summed E-state index contributed by atoms with van der Waals surface area (Å²) < 4.78 is 0. The maximum Gasteiger partial charge on any atom is 0.0578 e. The molecule has 0 bridgehead atoms. The second-order valence-electron chi connectivity index (χ2n) is 2.19. The van der Waals surface area contributed by atoms with Crippen molar-refractivity contribution in [2.75, 3.05) is 0 Å². The van der Waals surface area contributed by atoms with E-state index >= 15 is 0 Å². The average Bonchev–Trinajstić information content (AvgIpc) is 2.04. The molecule has 0 aromatic carbocycles. The average molecular weight is 193 g/mol. The van der Waals surface area contributed by atoms with Gasteiger partial charge in [0.15, 0.2) is 0 Å². The summed E-state index contributed by atoms with van der Waals surface area (Å²) in [5, 5.41) is 1.45. The van der Waals surface area contributed by atoms with Crippen LogP contribution in [-0.4, -0.2) is 0 Å². The molecule has 0 saturated heterocycles. The molecule has 1 aliphatic rings. The van der Waals surface area contributed by atoms with E-state index in [1.54, 1.807) is 0 Å². The molecule has 0 spiro atoms. The Balaban J connectivity index is 0.000000461. The third kappa shape index (κ3) is 3.31. The lowest BCUT2D eigenvalue weighted by Gasteiger charge is -2.08. The van der Waals surface area contributed by atoms with E-state index in [1.165, 1.54) is 5.57 Å². The highest BCUT2D eigenvalue weighted by molar-refractivity contribution is 6.44. The van der Waals surface area contributed by atoms with E-state index < -0.39 is 0 Å². The predicted molar refractivity (Wildman–Crippen MR) is 53.1 cm³/mol. The van der Waals surface area contributed by atoms with Gasteiger partial charge in [-0.2, -0.15) is 0 Å². The molecule has 1 rings (SSSR count). The highest BCUT2D eigenvalue weighted by atomic mass is 35.5. The van der Waals surface area contributed by atoms with Crippen LogP contribution in [0.1, 0.15) is 33.6 Å². The summed E-state index contributed by atoms with van der Waals surface area (Å²) in [5.74, 6) is 0. The minimum Gasteiger partial charge on any atom is -0.0831 e. The normalized spacial score (nSPS) is 17.0. The van der Waals surface area contributed by atoms with Crippen LogP contribution in [0, 0.1) is 0 Å². The second-order valence-corrected chi connectivity index (χ2v) is 2.97. The lowest BCUT2D eigenvalue weighted by Crippen LogP contribution is -1.88. The summed E-state index contributed by atoms with van der Waals surface area (Å²) >= 11 is 11.5. The molecular formula is C9H14Cl2. The number of halogens is 2. The van der Waals surface area contributed by atoms with E-state index in [1.807, 2.05) is 26.8 Å². The van der Waals surface area contributed by atoms with Crippen LogP contribution < -0.4 is 0 Å². The maximum absolute atomic E-state index is 5.80. The molecule has 0 saturated carbocycles. The standard InChI is InChI=1S/C7H8Cl2.C2H6/c1-5-3-2-4-6(8)7(5)9;1-2/h4H,2-3H2,1H3;1-2H3. The van der Waals surface area contributed by atoms with Gasteiger partial charge >= 0.3 is 0 Å². The zero-order chi connectivity index (χ0) is 8.85. The first-order valence-corrected chi connectivity index (χ1v) is 4.68. The van der Waals surface area contributed by atoms with Crippen LogP contribution in [0.4, 0.5) is 0 Å². The summed E-state index contributed by atoms with van der Waals surface area (Å²) in [4.78, 5) is 0. The van der Waals surface area contributed by atoms with Gasteiger partial charge in [-0.05, 0) is 19.8 Å². The van der Waals surface area contributed by atoms with Gasteiger partial charge in [-0.15, -0.1) is 0 Å². The molecule has 0 atom stereocenters. The van der Waals surface area contributed by atoms with E-state index in [-0.39, 0.29) is 0 Å². The van der Waals surface area contributed by atoms with E-state index in [4.69, 9.17) is 23.2 Å². The van der Waals surface area contributed by atoms with Crippen molar-refractivity contribution in [3.05, 3.63) is 21.7 Å². The highest BCUT2D eigenvalue weighted by Gasteiger charge is 2.07. The molecule has 0 fully saturated rings. The quantitative estimate of drug-likeness (QED) is 0.533. The predicted octanol–water partition coefficient (Wildman–Crippen LogP) is 4.44. The summed E-state index contributed by atoms with van der Waals surface area (Å²) in [5.41, 5.74) is 1.20. The van der Waals surface area contributed by atoms with Gasteiger partial charge in [0.25, 0.3) is 0 Å². The van der Waals surface area contributed by atoms with Crippen molar-refractivity contribution in [1.29, 1.82) is 0 Å². The van der Waals surface area contributed by atoms with Crippen LogP contribution in [0.25, 0.3) is 0 Å². The van der Waals surface area contributed by atoms with Gasteiger partial charge < -0.3 is 0 Å². The third-order valence-electron chi connectivity index (χ3n) is 1.43. The minimum absolute atomic E-state index is 0.709.